The second-order valence-corrected chi connectivity index (χ2v) is 6.63. The van der Waals surface area contributed by atoms with E-state index in [0.29, 0.717) is 24.8 Å². The minimum absolute atomic E-state index is 0.100. The molecule has 6 heteroatoms. The molecule has 3 rings (SSSR count). The largest absolute Gasteiger partial charge is 0.467 e. The Morgan fingerprint density at radius 1 is 1.42 bits per heavy atom. The molecule has 2 aromatic rings. The highest BCUT2D eigenvalue weighted by molar-refractivity contribution is 5.24. The van der Waals surface area contributed by atoms with E-state index in [1.165, 1.54) is 5.56 Å². The Morgan fingerprint density at radius 2 is 2.25 bits per heavy atom. The molecule has 0 saturated carbocycles. The van der Waals surface area contributed by atoms with Crippen molar-refractivity contribution in [3.05, 3.63) is 41.1 Å². The van der Waals surface area contributed by atoms with Gasteiger partial charge in [0.25, 0.3) is 0 Å². The van der Waals surface area contributed by atoms with Crippen LogP contribution in [0.3, 0.4) is 0 Å². The Hall–Kier alpha value is -1.63. The zero-order valence-corrected chi connectivity index (χ0v) is 14.5. The first-order valence-electron chi connectivity index (χ1n) is 8.69. The number of hydrogen-bond donors (Lipinski definition) is 2. The van der Waals surface area contributed by atoms with Crippen LogP contribution in [0.5, 0.6) is 0 Å². The van der Waals surface area contributed by atoms with E-state index in [-0.39, 0.29) is 6.61 Å². The van der Waals surface area contributed by atoms with Gasteiger partial charge in [-0.15, -0.1) is 0 Å². The average molecular weight is 333 g/mol. The molecule has 1 aliphatic heterocycles. The molecule has 2 unspecified atom stereocenters. The van der Waals surface area contributed by atoms with Gasteiger partial charge in [-0.25, -0.2) is 0 Å². The molecule has 6 nitrogen and oxygen atoms in total. The number of aliphatic hydroxyl groups excluding tert-OH is 2. The van der Waals surface area contributed by atoms with Crippen LogP contribution < -0.4 is 0 Å². The molecule has 1 fully saturated rings. The molecule has 1 saturated heterocycles. The summed E-state index contributed by atoms with van der Waals surface area (Å²) in [6.07, 6.45) is 3.99. The standard InChI is InChI=1S/C18H27N3O3/c1-13-16(14(2)21(19-13)8-9-22)12-20-7-3-5-15(20)11-17(23)18-6-4-10-24-18/h4,6,10,15,17,22-23H,3,5,7-9,11-12H2,1-2H3. The van der Waals surface area contributed by atoms with Crippen LogP contribution in [0.4, 0.5) is 0 Å². The molecule has 0 spiro atoms. The van der Waals surface area contributed by atoms with Crippen LogP contribution in [0.1, 0.15) is 48.1 Å². The van der Waals surface area contributed by atoms with Crippen LogP contribution in [0.25, 0.3) is 0 Å². The molecule has 2 aromatic heterocycles. The molecule has 0 bridgehead atoms. The van der Waals surface area contributed by atoms with E-state index in [1.54, 1.807) is 6.26 Å². The van der Waals surface area contributed by atoms with Gasteiger partial charge in [0, 0.05) is 23.8 Å². The van der Waals surface area contributed by atoms with Crippen molar-refractivity contribution in [1.82, 2.24) is 14.7 Å². The van der Waals surface area contributed by atoms with Gasteiger partial charge in [-0.05, 0) is 51.8 Å². The lowest BCUT2D eigenvalue weighted by Crippen LogP contribution is -2.30. The number of hydrogen-bond acceptors (Lipinski definition) is 5. The van der Waals surface area contributed by atoms with Gasteiger partial charge in [-0.2, -0.15) is 5.10 Å². The quantitative estimate of drug-likeness (QED) is 0.812. The summed E-state index contributed by atoms with van der Waals surface area (Å²) in [7, 11) is 0. The summed E-state index contributed by atoms with van der Waals surface area (Å²) in [5.74, 6) is 0.643. The first-order valence-corrected chi connectivity index (χ1v) is 8.69. The molecule has 2 atom stereocenters. The van der Waals surface area contributed by atoms with Crippen LogP contribution in [-0.4, -0.2) is 44.1 Å². The van der Waals surface area contributed by atoms with Crippen molar-refractivity contribution in [2.24, 2.45) is 0 Å². The molecule has 0 aromatic carbocycles. The van der Waals surface area contributed by atoms with Crippen molar-refractivity contribution in [2.45, 2.75) is 58.3 Å². The fraction of sp³-hybridized carbons (Fsp3) is 0.611. The highest BCUT2D eigenvalue weighted by Gasteiger charge is 2.29. The maximum Gasteiger partial charge on any atom is 0.132 e. The summed E-state index contributed by atoms with van der Waals surface area (Å²) in [5, 5.41) is 24.1. The van der Waals surface area contributed by atoms with E-state index >= 15 is 0 Å². The van der Waals surface area contributed by atoms with Gasteiger partial charge < -0.3 is 14.6 Å². The molecule has 1 aliphatic rings. The normalized spacial score (nSPS) is 19.9. The minimum atomic E-state index is -0.551. The van der Waals surface area contributed by atoms with Gasteiger partial charge in [-0.3, -0.25) is 9.58 Å². The number of furan rings is 1. The summed E-state index contributed by atoms with van der Waals surface area (Å²) in [6, 6.07) is 4.00. The van der Waals surface area contributed by atoms with E-state index in [0.717, 1.165) is 37.3 Å². The maximum absolute atomic E-state index is 10.4. The second kappa shape index (κ2) is 7.51. The van der Waals surface area contributed by atoms with Gasteiger partial charge >= 0.3 is 0 Å². The number of aliphatic hydroxyl groups is 2. The molecule has 2 N–H and O–H groups in total. The highest BCUT2D eigenvalue weighted by Crippen LogP contribution is 2.29. The third-order valence-corrected chi connectivity index (χ3v) is 5.07. The van der Waals surface area contributed by atoms with Crippen molar-refractivity contribution in [1.29, 1.82) is 0 Å². The number of aryl methyl sites for hydroxylation is 1. The molecular weight excluding hydrogens is 306 g/mol. The third kappa shape index (κ3) is 3.55. The first kappa shape index (κ1) is 17.2. The zero-order chi connectivity index (χ0) is 17.1. The Morgan fingerprint density at radius 3 is 2.96 bits per heavy atom. The third-order valence-electron chi connectivity index (χ3n) is 5.07. The van der Waals surface area contributed by atoms with Crippen LogP contribution in [0.2, 0.25) is 0 Å². The smallest absolute Gasteiger partial charge is 0.132 e. The van der Waals surface area contributed by atoms with Crippen molar-refractivity contribution in [3.63, 3.8) is 0 Å². The Bertz CT molecular complexity index is 651. The van der Waals surface area contributed by atoms with E-state index < -0.39 is 6.10 Å². The Labute approximate surface area is 142 Å². The Kier molecular flexibility index (Phi) is 5.38. The topological polar surface area (TPSA) is 74.7 Å². The molecule has 0 amide bonds. The van der Waals surface area contributed by atoms with Crippen molar-refractivity contribution >= 4 is 0 Å². The molecule has 24 heavy (non-hydrogen) atoms. The van der Waals surface area contributed by atoms with Gasteiger partial charge in [-0.1, -0.05) is 0 Å². The highest BCUT2D eigenvalue weighted by atomic mass is 16.4. The zero-order valence-electron chi connectivity index (χ0n) is 14.5. The minimum Gasteiger partial charge on any atom is -0.467 e. The van der Waals surface area contributed by atoms with Crippen LogP contribution in [0.15, 0.2) is 22.8 Å². The van der Waals surface area contributed by atoms with E-state index in [1.807, 2.05) is 23.7 Å². The van der Waals surface area contributed by atoms with Crippen LogP contribution in [0, 0.1) is 13.8 Å². The number of aromatic nitrogens is 2. The van der Waals surface area contributed by atoms with E-state index in [2.05, 4.69) is 16.9 Å². The molecule has 132 valence electrons. The summed E-state index contributed by atoms with van der Waals surface area (Å²) in [4.78, 5) is 2.44. The van der Waals surface area contributed by atoms with E-state index in [9.17, 15) is 5.11 Å². The molecule has 0 aliphatic carbocycles. The number of nitrogens with zero attached hydrogens (tertiary/aromatic N) is 3. The second-order valence-electron chi connectivity index (χ2n) is 6.63. The maximum atomic E-state index is 10.4. The van der Waals surface area contributed by atoms with Gasteiger partial charge in [0.1, 0.15) is 11.9 Å². The predicted octanol–water partition coefficient (Wildman–Crippen LogP) is 2.17. The molecule has 0 radical (unpaired) electrons. The lowest BCUT2D eigenvalue weighted by molar-refractivity contribution is 0.0994. The number of likely N-dealkylation sites (tertiary alicyclic amines) is 1. The fourth-order valence-corrected chi connectivity index (χ4v) is 3.70. The van der Waals surface area contributed by atoms with Crippen LogP contribution >= 0.6 is 0 Å². The van der Waals surface area contributed by atoms with Crippen molar-refractivity contribution < 1.29 is 14.6 Å². The predicted molar refractivity (Wildman–Crippen MR) is 90.5 cm³/mol. The molecule has 3 heterocycles. The van der Waals surface area contributed by atoms with Gasteiger partial charge in [0.2, 0.25) is 0 Å². The Balaban J connectivity index is 1.68. The summed E-state index contributed by atoms with van der Waals surface area (Å²) in [6.45, 7) is 6.61. The summed E-state index contributed by atoms with van der Waals surface area (Å²) >= 11 is 0. The van der Waals surface area contributed by atoms with E-state index in [4.69, 9.17) is 9.52 Å². The number of rotatable bonds is 7. The van der Waals surface area contributed by atoms with Crippen molar-refractivity contribution in [3.8, 4) is 0 Å². The van der Waals surface area contributed by atoms with Gasteiger partial charge in [0.05, 0.1) is 25.1 Å². The van der Waals surface area contributed by atoms with Gasteiger partial charge in [0.15, 0.2) is 0 Å². The summed E-state index contributed by atoms with van der Waals surface area (Å²) in [5.41, 5.74) is 3.39. The first-order chi connectivity index (χ1) is 11.6. The van der Waals surface area contributed by atoms with Crippen molar-refractivity contribution in [2.75, 3.05) is 13.2 Å². The average Bonchev–Trinajstić information content (AvgIpc) is 3.27. The van der Waals surface area contributed by atoms with Crippen LogP contribution in [-0.2, 0) is 13.1 Å². The molecular formula is C18H27N3O3. The summed E-state index contributed by atoms with van der Waals surface area (Å²) < 4.78 is 7.20. The fourth-order valence-electron chi connectivity index (χ4n) is 3.70. The lowest BCUT2D eigenvalue weighted by atomic mass is 10.0. The lowest BCUT2D eigenvalue weighted by Gasteiger charge is -2.26. The SMILES string of the molecule is Cc1nn(CCO)c(C)c1CN1CCCC1CC(O)c1ccco1. The monoisotopic (exact) mass is 333 g/mol.